The molecule has 1 saturated carbocycles. The van der Waals surface area contributed by atoms with Gasteiger partial charge in [0.2, 0.25) is 0 Å². The molecule has 0 saturated heterocycles. The van der Waals surface area contributed by atoms with Crippen molar-refractivity contribution in [2.75, 3.05) is 6.54 Å². The Kier molecular flexibility index (Phi) is 5.49. The van der Waals surface area contributed by atoms with Gasteiger partial charge >= 0.3 is 0 Å². The minimum absolute atomic E-state index is 0.0175. The maximum absolute atomic E-state index is 12.9. The first-order chi connectivity index (χ1) is 12.9. The van der Waals surface area contributed by atoms with Gasteiger partial charge in [-0.3, -0.25) is 19.4 Å². The van der Waals surface area contributed by atoms with Gasteiger partial charge in [0, 0.05) is 25.1 Å². The van der Waals surface area contributed by atoms with Crippen molar-refractivity contribution in [3.8, 4) is 0 Å². The highest BCUT2D eigenvalue weighted by atomic mass is 16.2. The van der Waals surface area contributed by atoms with Gasteiger partial charge in [0.1, 0.15) is 17.4 Å². The van der Waals surface area contributed by atoms with E-state index in [0.29, 0.717) is 18.7 Å². The Balaban J connectivity index is 1.66. The second-order valence-corrected chi connectivity index (χ2v) is 7.27. The molecule has 140 valence electrons. The largest absolute Gasteiger partial charge is 0.351 e. The number of benzene rings is 1. The number of amides is 1. The summed E-state index contributed by atoms with van der Waals surface area (Å²) in [7, 11) is 0. The summed E-state index contributed by atoms with van der Waals surface area (Å²) < 4.78 is 0. The van der Waals surface area contributed by atoms with Crippen molar-refractivity contribution >= 4 is 17.5 Å². The first-order valence-electron chi connectivity index (χ1n) is 9.22. The quantitative estimate of drug-likeness (QED) is 0.827. The van der Waals surface area contributed by atoms with E-state index in [1.165, 1.54) is 0 Å². The van der Waals surface area contributed by atoms with Crippen LogP contribution in [0.25, 0.3) is 0 Å². The van der Waals surface area contributed by atoms with Gasteiger partial charge in [-0.1, -0.05) is 23.8 Å². The van der Waals surface area contributed by atoms with Crippen molar-refractivity contribution in [1.82, 2.24) is 10.3 Å². The molecule has 1 amide bonds. The van der Waals surface area contributed by atoms with Crippen LogP contribution in [0, 0.1) is 26.7 Å². The Bertz CT molecular complexity index is 867. The lowest BCUT2D eigenvalue weighted by Crippen LogP contribution is -2.27. The number of pyridine rings is 1. The maximum Gasteiger partial charge on any atom is 0.269 e. The van der Waals surface area contributed by atoms with E-state index in [-0.39, 0.29) is 29.8 Å². The summed E-state index contributed by atoms with van der Waals surface area (Å²) in [5.41, 5.74) is 4.30. The molecule has 0 aliphatic heterocycles. The van der Waals surface area contributed by atoms with Crippen molar-refractivity contribution in [2.24, 2.45) is 5.92 Å². The molecule has 2 unspecified atom stereocenters. The molecule has 1 heterocycles. The lowest BCUT2D eigenvalue weighted by atomic mass is 9.86. The standard InChI is InChI=1S/C22H24N2O3/c1-13-10-14(2)19(15(3)11-13)20-18(25)12-16(21(20)26)7-9-24-22(27)17-6-4-5-8-23-17/h4-6,8,10-11,16,20H,7,9,12H2,1-3H3,(H,24,27). The number of carbonyl (C=O) groups excluding carboxylic acids is 3. The number of nitrogens with zero attached hydrogens (tertiary/aromatic N) is 1. The molecule has 5 heteroatoms. The minimum atomic E-state index is -0.665. The fourth-order valence-corrected chi connectivity index (χ4v) is 4.00. The molecule has 3 rings (SSSR count). The summed E-state index contributed by atoms with van der Waals surface area (Å²) in [6, 6.07) is 9.16. The molecule has 1 aromatic heterocycles. The van der Waals surface area contributed by atoms with Crippen molar-refractivity contribution in [3.05, 3.63) is 64.5 Å². The fraction of sp³-hybridized carbons (Fsp3) is 0.364. The highest BCUT2D eigenvalue weighted by Crippen LogP contribution is 2.37. The molecule has 5 nitrogen and oxygen atoms in total. The first kappa shape index (κ1) is 19.0. The summed E-state index contributed by atoms with van der Waals surface area (Å²) >= 11 is 0. The third kappa shape index (κ3) is 3.97. The molecule has 1 N–H and O–H groups in total. The zero-order valence-electron chi connectivity index (χ0n) is 15.9. The van der Waals surface area contributed by atoms with Crippen LogP contribution in [-0.4, -0.2) is 29.0 Å². The summed E-state index contributed by atoms with van der Waals surface area (Å²) in [6.45, 7) is 6.26. The van der Waals surface area contributed by atoms with Gasteiger partial charge in [-0.25, -0.2) is 0 Å². The molecule has 1 aliphatic rings. The lowest BCUT2D eigenvalue weighted by Gasteiger charge is -2.16. The minimum Gasteiger partial charge on any atom is -0.351 e. The molecule has 0 spiro atoms. The van der Waals surface area contributed by atoms with E-state index in [9.17, 15) is 14.4 Å². The molecular formula is C22H24N2O3. The second kappa shape index (κ2) is 7.82. The number of rotatable bonds is 5. The average molecular weight is 364 g/mol. The van der Waals surface area contributed by atoms with Crippen LogP contribution in [0.2, 0.25) is 0 Å². The van der Waals surface area contributed by atoms with Gasteiger partial charge in [0.25, 0.3) is 5.91 Å². The predicted molar refractivity (Wildman–Crippen MR) is 103 cm³/mol. The van der Waals surface area contributed by atoms with Crippen molar-refractivity contribution in [2.45, 2.75) is 39.5 Å². The number of hydrogen-bond donors (Lipinski definition) is 1. The third-order valence-electron chi connectivity index (χ3n) is 5.16. The molecule has 2 aromatic rings. The molecule has 1 aromatic carbocycles. The Morgan fingerprint density at radius 3 is 2.48 bits per heavy atom. The van der Waals surface area contributed by atoms with E-state index in [1.54, 1.807) is 24.4 Å². The number of hydrogen-bond acceptors (Lipinski definition) is 4. The number of Topliss-reactive ketones (excluding diaryl/α,β-unsaturated/α-hetero) is 2. The van der Waals surface area contributed by atoms with Crippen LogP contribution in [0.5, 0.6) is 0 Å². The van der Waals surface area contributed by atoms with Crippen molar-refractivity contribution in [3.63, 3.8) is 0 Å². The van der Waals surface area contributed by atoms with Crippen LogP contribution in [0.3, 0.4) is 0 Å². The highest BCUT2D eigenvalue weighted by Gasteiger charge is 2.42. The SMILES string of the molecule is Cc1cc(C)c(C2C(=O)CC(CCNC(=O)c3ccccn3)C2=O)c(C)c1. The molecular weight excluding hydrogens is 340 g/mol. The molecule has 1 aliphatic carbocycles. The molecule has 2 atom stereocenters. The van der Waals surface area contributed by atoms with Gasteiger partial charge in [0.05, 0.1) is 0 Å². The Morgan fingerprint density at radius 1 is 1.15 bits per heavy atom. The monoisotopic (exact) mass is 364 g/mol. The number of aryl methyl sites for hydroxylation is 3. The van der Waals surface area contributed by atoms with Crippen LogP contribution in [-0.2, 0) is 9.59 Å². The van der Waals surface area contributed by atoms with Gasteiger partial charge in [-0.05, 0) is 56.0 Å². The maximum atomic E-state index is 12.9. The van der Waals surface area contributed by atoms with E-state index in [1.807, 2.05) is 32.9 Å². The van der Waals surface area contributed by atoms with Crippen molar-refractivity contribution in [1.29, 1.82) is 0 Å². The van der Waals surface area contributed by atoms with Crippen LogP contribution in [0.1, 0.15) is 51.5 Å². The summed E-state index contributed by atoms with van der Waals surface area (Å²) in [4.78, 5) is 41.5. The van der Waals surface area contributed by atoms with E-state index in [4.69, 9.17) is 0 Å². The van der Waals surface area contributed by atoms with Gasteiger partial charge < -0.3 is 5.32 Å². The van der Waals surface area contributed by atoms with Crippen LogP contribution in [0.15, 0.2) is 36.5 Å². The predicted octanol–water partition coefficient (Wildman–Crippen LogP) is 3.07. The Labute approximate surface area is 159 Å². The average Bonchev–Trinajstić information content (AvgIpc) is 2.89. The van der Waals surface area contributed by atoms with Crippen LogP contribution < -0.4 is 5.32 Å². The van der Waals surface area contributed by atoms with E-state index in [2.05, 4.69) is 10.3 Å². The van der Waals surface area contributed by atoms with Crippen LogP contribution in [0.4, 0.5) is 0 Å². The highest BCUT2D eigenvalue weighted by molar-refractivity contribution is 6.15. The molecule has 27 heavy (non-hydrogen) atoms. The molecule has 1 fully saturated rings. The second-order valence-electron chi connectivity index (χ2n) is 7.27. The van der Waals surface area contributed by atoms with Crippen molar-refractivity contribution < 1.29 is 14.4 Å². The van der Waals surface area contributed by atoms with E-state index >= 15 is 0 Å². The Morgan fingerprint density at radius 2 is 1.85 bits per heavy atom. The topological polar surface area (TPSA) is 76.1 Å². The van der Waals surface area contributed by atoms with Gasteiger partial charge in [-0.2, -0.15) is 0 Å². The summed E-state index contributed by atoms with van der Waals surface area (Å²) in [5, 5.41) is 2.78. The molecule has 0 radical (unpaired) electrons. The summed E-state index contributed by atoms with van der Waals surface area (Å²) in [6.07, 6.45) is 2.27. The lowest BCUT2D eigenvalue weighted by molar-refractivity contribution is -0.124. The fourth-order valence-electron chi connectivity index (χ4n) is 4.00. The van der Waals surface area contributed by atoms with Gasteiger partial charge in [-0.15, -0.1) is 0 Å². The smallest absolute Gasteiger partial charge is 0.269 e. The first-order valence-corrected chi connectivity index (χ1v) is 9.22. The number of ketones is 2. The summed E-state index contributed by atoms with van der Waals surface area (Å²) in [5.74, 6) is -1.32. The number of nitrogens with one attached hydrogen (secondary N) is 1. The number of aromatic nitrogens is 1. The zero-order chi connectivity index (χ0) is 19.6. The molecule has 0 bridgehead atoms. The van der Waals surface area contributed by atoms with Gasteiger partial charge in [0.15, 0.2) is 5.78 Å². The van der Waals surface area contributed by atoms with E-state index in [0.717, 1.165) is 22.3 Å². The normalized spacial score (nSPS) is 19.4. The Hall–Kier alpha value is -2.82. The third-order valence-corrected chi connectivity index (χ3v) is 5.16. The van der Waals surface area contributed by atoms with E-state index < -0.39 is 5.92 Å². The number of carbonyl (C=O) groups is 3. The zero-order valence-corrected chi connectivity index (χ0v) is 15.9. The van der Waals surface area contributed by atoms with Crippen LogP contribution >= 0.6 is 0 Å².